The van der Waals surface area contributed by atoms with E-state index in [0.29, 0.717) is 18.9 Å². The third-order valence-corrected chi connectivity index (χ3v) is 12.6. The normalized spacial score (nSPS) is 24.0. The van der Waals surface area contributed by atoms with Gasteiger partial charge in [-0.05, 0) is 50.5 Å². The molecule has 3 aliphatic rings. The lowest BCUT2D eigenvalue weighted by molar-refractivity contribution is -0.324. The fourth-order valence-corrected chi connectivity index (χ4v) is 9.29. The Morgan fingerprint density at radius 2 is 1.19 bits per heavy atom. The third-order valence-electron chi connectivity index (χ3n) is 11.5. The van der Waals surface area contributed by atoms with Crippen LogP contribution >= 0.6 is 8.24 Å². The molecule has 308 valence electrons. The van der Waals surface area contributed by atoms with Crippen LogP contribution in [0.4, 0.5) is 0 Å². The molecule has 0 radical (unpaired) electrons. The van der Waals surface area contributed by atoms with E-state index in [2.05, 4.69) is 119 Å². The summed E-state index contributed by atoms with van der Waals surface area (Å²) in [4.78, 5) is 5.17. The molecule has 8 nitrogen and oxygen atoms in total. The largest absolute Gasteiger partial charge is 0.449 e. The van der Waals surface area contributed by atoms with Crippen LogP contribution in [-0.4, -0.2) is 43.1 Å². The molecule has 0 spiro atoms. The highest BCUT2D eigenvalue weighted by molar-refractivity contribution is 7.31. The number of ether oxygens (including phenoxy) is 4. The number of benzene rings is 4. The molecule has 4 aromatic carbocycles. The molecule has 0 amide bonds. The van der Waals surface area contributed by atoms with E-state index in [1.54, 1.807) is 0 Å². The molecule has 0 saturated carbocycles. The number of fused-ring (bicyclic) bond motifs is 5. The maximum absolute atomic E-state index is 7.30. The molecule has 9 heteroatoms. The maximum Gasteiger partial charge on any atom is 0.387 e. The first-order valence-electron chi connectivity index (χ1n) is 20.7. The molecule has 0 N–H and O–H groups in total. The van der Waals surface area contributed by atoms with Crippen LogP contribution in [0.2, 0.25) is 0 Å². The fraction of sp³-hybridized carbons (Fsp3) is 0.490. The predicted molar refractivity (Wildman–Crippen MR) is 233 cm³/mol. The van der Waals surface area contributed by atoms with Crippen LogP contribution in [0, 0.1) is 0 Å². The van der Waals surface area contributed by atoms with E-state index < -0.39 is 45.2 Å². The van der Waals surface area contributed by atoms with Crippen molar-refractivity contribution in [3.05, 3.63) is 118 Å². The predicted octanol–water partition coefficient (Wildman–Crippen LogP) is 12.2. The van der Waals surface area contributed by atoms with Gasteiger partial charge in [-0.1, -0.05) is 156 Å². The van der Waals surface area contributed by atoms with Crippen molar-refractivity contribution < 1.29 is 31.9 Å². The minimum Gasteiger partial charge on any atom is -0.449 e. The Morgan fingerprint density at radius 1 is 0.655 bits per heavy atom. The standard InChI is InChI=1S/C49H60NO7P/c1-46(2,3)31-24-33-34-25-32(47(4,5)6)27-36(49(10,11)12)41(34)56-58(55-40(33)35(26-31)48(7,8)9)57-43-39-45(53-38(50-39)23-29-19-15-13-16-20-29)52-37-28-51-44(54-42(37)43)30-21-17-14-18-22-30/h13-22,24-27,37,39,42-45H,23,28H2,1-12H3/t37-,39-,42-,43-,44?,45-/m1/s1. The smallest absolute Gasteiger partial charge is 0.387 e. The maximum atomic E-state index is 7.30. The van der Waals surface area contributed by atoms with Crippen molar-refractivity contribution in [2.75, 3.05) is 6.61 Å². The van der Waals surface area contributed by atoms with Crippen LogP contribution in [0.5, 0.6) is 0 Å². The molecular formula is C49H60NO7P. The molecule has 5 aromatic rings. The Balaban J connectivity index is 1.36. The molecule has 0 bridgehead atoms. The second kappa shape index (κ2) is 15.0. The molecular weight excluding hydrogens is 746 g/mol. The molecule has 2 fully saturated rings. The summed E-state index contributed by atoms with van der Waals surface area (Å²) in [5.41, 5.74) is 7.49. The van der Waals surface area contributed by atoms with E-state index in [0.717, 1.165) is 44.2 Å². The van der Waals surface area contributed by atoms with Gasteiger partial charge in [-0.2, -0.15) is 0 Å². The van der Waals surface area contributed by atoms with Crippen LogP contribution in [-0.2, 0) is 47.0 Å². The molecule has 0 aliphatic carbocycles. The lowest BCUT2D eigenvalue weighted by atomic mass is 9.77. The quantitative estimate of drug-likeness (QED) is 0.175. The summed E-state index contributed by atoms with van der Waals surface area (Å²) in [6.45, 7) is 27.4. The zero-order valence-corrected chi connectivity index (χ0v) is 37.1. The second-order valence-corrected chi connectivity index (χ2v) is 21.3. The summed E-state index contributed by atoms with van der Waals surface area (Å²) in [5, 5.41) is 2.03. The fourth-order valence-electron chi connectivity index (χ4n) is 8.03. The van der Waals surface area contributed by atoms with Gasteiger partial charge in [-0.25, -0.2) is 4.99 Å². The Morgan fingerprint density at radius 3 is 1.71 bits per heavy atom. The van der Waals surface area contributed by atoms with Crippen molar-refractivity contribution >= 4 is 36.1 Å². The highest BCUT2D eigenvalue weighted by atomic mass is 31.1. The second-order valence-electron chi connectivity index (χ2n) is 20.3. The number of hydrogen-bond acceptors (Lipinski definition) is 8. The van der Waals surface area contributed by atoms with Gasteiger partial charge >= 0.3 is 8.24 Å². The summed E-state index contributed by atoms with van der Waals surface area (Å²) in [5.74, 6) is 0.592. The van der Waals surface area contributed by atoms with Crippen LogP contribution in [0.25, 0.3) is 21.9 Å². The van der Waals surface area contributed by atoms with Crippen LogP contribution < -0.4 is 4.52 Å². The van der Waals surface area contributed by atoms with Crippen LogP contribution in [0.1, 0.15) is 123 Å². The Kier molecular flexibility index (Phi) is 10.5. The van der Waals surface area contributed by atoms with Gasteiger partial charge in [-0.15, -0.1) is 0 Å². The van der Waals surface area contributed by atoms with Crippen molar-refractivity contribution in [2.24, 2.45) is 4.99 Å². The van der Waals surface area contributed by atoms with Crippen molar-refractivity contribution in [1.29, 1.82) is 0 Å². The molecule has 1 unspecified atom stereocenters. The van der Waals surface area contributed by atoms with E-state index in [1.807, 2.05) is 48.5 Å². The topological polar surface area (TPSA) is 84.8 Å². The Hall–Kier alpha value is -3.91. The molecule has 8 rings (SSSR count). The van der Waals surface area contributed by atoms with Gasteiger partial charge < -0.3 is 27.3 Å². The molecule has 4 heterocycles. The Bertz CT molecular complexity index is 2270. The summed E-state index contributed by atoms with van der Waals surface area (Å²) >= 11 is 0. The molecule has 3 aliphatic heterocycles. The van der Waals surface area contributed by atoms with Crippen LogP contribution in [0.3, 0.4) is 0 Å². The SMILES string of the molecule is CC(C)(C)c1cc(C(C)(C)C)c2op(O[C@@H]3[C@H]4N=C(Cc5ccccc5)O[C@H]4O[C@@H]4COC(c5ccccc5)O[C@@H]34)oc3c(C(C)(C)C)cc(C(C)(C)C)cc3c2c1. The Labute approximate surface area is 344 Å². The number of rotatable bonds is 5. The first-order chi connectivity index (χ1) is 27.2. The van der Waals surface area contributed by atoms with Gasteiger partial charge in [0.05, 0.1) is 6.61 Å². The minimum absolute atomic E-state index is 0.113. The zero-order chi connectivity index (χ0) is 41.4. The van der Waals surface area contributed by atoms with Crippen molar-refractivity contribution in [2.45, 2.75) is 148 Å². The van der Waals surface area contributed by atoms with Gasteiger partial charge in [-0.3, -0.25) is 4.52 Å². The van der Waals surface area contributed by atoms with Crippen molar-refractivity contribution in [3.63, 3.8) is 0 Å². The van der Waals surface area contributed by atoms with Crippen molar-refractivity contribution in [3.8, 4) is 0 Å². The van der Waals surface area contributed by atoms with Gasteiger partial charge in [0.15, 0.2) is 12.2 Å². The number of hydrogen-bond donors (Lipinski definition) is 0. The van der Waals surface area contributed by atoms with Gasteiger partial charge in [0.2, 0.25) is 6.29 Å². The summed E-state index contributed by atoms with van der Waals surface area (Å²) in [6.07, 6.45) is -2.45. The molecule has 2 saturated heterocycles. The summed E-state index contributed by atoms with van der Waals surface area (Å²) in [6, 6.07) is 28.9. The zero-order valence-electron chi connectivity index (χ0n) is 36.2. The highest BCUT2D eigenvalue weighted by Crippen LogP contribution is 2.47. The highest BCUT2D eigenvalue weighted by Gasteiger charge is 2.55. The van der Waals surface area contributed by atoms with E-state index in [9.17, 15) is 0 Å². The van der Waals surface area contributed by atoms with E-state index >= 15 is 0 Å². The summed E-state index contributed by atoms with van der Waals surface area (Å²) in [7, 11) is -2.08. The third kappa shape index (κ3) is 8.16. The first kappa shape index (κ1) is 40.9. The lowest BCUT2D eigenvalue weighted by Crippen LogP contribution is -2.62. The van der Waals surface area contributed by atoms with E-state index in [1.165, 1.54) is 11.1 Å². The molecule has 6 atom stereocenters. The molecule has 58 heavy (non-hydrogen) atoms. The van der Waals surface area contributed by atoms with Gasteiger partial charge in [0.25, 0.3) is 0 Å². The number of aliphatic imine (C=N–C) groups is 1. The lowest BCUT2D eigenvalue weighted by Gasteiger charge is -2.45. The molecule has 1 aromatic heterocycles. The average molecular weight is 806 g/mol. The average Bonchev–Trinajstić information content (AvgIpc) is 3.47. The van der Waals surface area contributed by atoms with Crippen molar-refractivity contribution in [1.82, 2.24) is 0 Å². The van der Waals surface area contributed by atoms with E-state index in [-0.39, 0.29) is 21.7 Å². The minimum atomic E-state index is -2.08. The van der Waals surface area contributed by atoms with E-state index in [4.69, 9.17) is 36.9 Å². The van der Waals surface area contributed by atoms with Gasteiger partial charge in [0, 0.05) is 33.9 Å². The first-order valence-corrected chi connectivity index (χ1v) is 21.8. The number of nitrogens with zero attached hydrogens (tertiary/aromatic N) is 1. The monoisotopic (exact) mass is 805 g/mol. The van der Waals surface area contributed by atoms with Crippen LogP contribution in [0.15, 0.2) is 98.3 Å². The summed E-state index contributed by atoms with van der Waals surface area (Å²) < 4.78 is 47.9. The van der Waals surface area contributed by atoms with Gasteiger partial charge in [0.1, 0.15) is 35.5 Å².